The third kappa shape index (κ3) is 23.6. The topological polar surface area (TPSA) is 177 Å². The van der Waals surface area contributed by atoms with Crippen LogP contribution in [0.5, 0.6) is 0 Å². The van der Waals surface area contributed by atoms with Crippen LogP contribution in [-0.2, 0) is 32.9 Å². The number of Topliss-reactive ketones (excluding diaryl/α,β-unsaturated/α-hetero) is 1. The molecule has 0 aliphatic heterocycles. The molecule has 1 fully saturated rings. The molecule has 1 aliphatic carbocycles. The molecule has 1 rings (SSSR count). The average molecular weight is 731 g/mol. The summed E-state index contributed by atoms with van der Waals surface area (Å²) in [5.74, 6) is -1.02. The molecule has 0 radical (unpaired) electrons. The van der Waals surface area contributed by atoms with Crippen LogP contribution in [0.3, 0.4) is 0 Å². The number of hydrogen-bond acceptors (Lipinski definition) is 9. The number of phosphoric ester groups is 1. The van der Waals surface area contributed by atoms with Gasteiger partial charge < -0.3 is 29.5 Å². The van der Waals surface area contributed by atoms with Crippen molar-refractivity contribution in [2.24, 2.45) is 17.8 Å². The average Bonchev–Trinajstić information content (AvgIpc) is 3.34. The molecular formula is C38H67O11P. The van der Waals surface area contributed by atoms with Gasteiger partial charge >= 0.3 is 19.8 Å². The predicted octanol–water partition coefficient (Wildman–Crippen LogP) is 7.68. The second-order valence-electron chi connectivity index (χ2n) is 13.9. The molecule has 0 heterocycles. The first-order chi connectivity index (χ1) is 23.9. The van der Waals surface area contributed by atoms with Gasteiger partial charge in [-0.1, -0.05) is 122 Å². The standard InChI is InChI=1S/C38H67O11P/c1-4-6-15-21-31(39)25-26-34-33(35(40)27-36(34)41)22-17-13-14-19-24-38(43)49-32(29-48-50(44,45)46)28-47-37(42)23-18-12-10-8-7-9-11-16-20-30(3)5-2/h13,17,25-26,30-34,36,39,41H,4-12,14-16,18-24,27-29H2,1-3H3,(H2,44,45,46)/b17-13-,26-25+/t30?,31-,32+,33+,34+,36+/m0/s1. The Morgan fingerprint density at radius 3 is 2.18 bits per heavy atom. The lowest BCUT2D eigenvalue weighted by Crippen LogP contribution is -2.29. The number of carbonyl (C=O) groups excluding carboxylic acids is 3. The van der Waals surface area contributed by atoms with E-state index >= 15 is 0 Å². The van der Waals surface area contributed by atoms with Gasteiger partial charge in [-0.15, -0.1) is 0 Å². The number of carbonyl (C=O) groups is 3. The Balaban J connectivity index is 2.37. The van der Waals surface area contributed by atoms with Gasteiger partial charge in [0.2, 0.25) is 0 Å². The minimum Gasteiger partial charge on any atom is -0.462 e. The Kier molecular flexibility index (Phi) is 25.6. The summed E-state index contributed by atoms with van der Waals surface area (Å²) in [5.41, 5.74) is 0. The van der Waals surface area contributed by atoms with Crippen molar-refractivity contribution in [1.82, 2.24) is 0 Å². The van der Waals surface area contributed by atoms with E-state index in [9.17, 15) is 29.2 Å². The lowest BCUT2D eigenvalue weighted by atomic mass is 9.90. The molecule has 290 valence electrons. The van der Waals surface area contributed by atoms with Crippen LogP contribution in [0, 0.1) is 17.8 Å². The summed E-state index contributed by atoms with van der Waals surface area (Å²) < 4.78 is 26.3. The zero-order valence-electron chi connectivity index (χ0n) is 30.9. The van der Waals surface area contributed by atoms with E-state index in [1.165, 1.54) is 38.5 Å². The second kappa shape index (κ2) is 27.7. The lowest BCUT2D eigenvalue weighted by molar-refractivity contribution is -0.161. The van der Waals surface area contributed by atoms with Gasteiger partial charge in [0, 0.05) is 31.1 Å². The van der Waals surface area contributed by atoms with Crippen LogP contribution in [0.25, 0.3) is 0 Å². The van der Waals surface area contributed by atoms with Gasteiger partial charge in [0.1, 0.15) is 12.4 Å². The van der Waals surface area contributed by atoms with Gasteiger partial charge in [0.15, 0.2) is 6.10 Å². The summed E-state index contributed by atoms with van der Waals surface area (Å²) in [6.45, 7) is 5.64. The minimum atomic E-state index is -4.82. The normalized spacial score (nSPS) is 20.1. The third-order valence-corrected chi connectivity index (χ3v) is 9.87. The summed E-state index contributed by atoms with van der Waals surface area (Å²) in [4.78, 5) is 55.4. The van der Waals surface area contributed by atoms with Crippen LogP contribution in [0.15, 0.2) is 24.3 Å². The summed E-state index contributed by atoms with van der Waals surface area (Å²) in [6.07, 6.45) is 21.3. The fourth-order valence-electron chi connectivity index (χ4n) is 6.03. The molecule has 0 spiro atoms. The smallest absolute Gasteiger partial charge is 0.462 e. The van der Waals surface area contributed by atoms with Gasteiger partial charge in [-0.25, -0.2) is 4.57 Å². The highest BCUT2D eigenvalue weighted by Crippen LogP contribution is 2.36. The van der Waals surface area contributed by atoms with Crippen LogP contribution in [-0.4, -0.2) is 69.2 Å². The molecule has 1 saturated carbocycles. The monoisotopic (exact) mass is 730 g/mol. The number of unbranched alkanes of at least 4 members (excludes halogenated alkanes) is 10. The Hall–Kier alpha value is -1.88. The maximum Gasteiger partial charge on any atom is 0.469 e. The number of phosphoric acid groups is 1. The highest BCUT2D eigenvalue weighted by Gasteiger charge is 2.39. The quantitative estimate of drug-likeness (QED) is 0.0247. The molecule has 1 unspecified atom stereocenters. The number of aliphatic hydroxyl groups is 2. The maximum absolute atomic E-state index is 12.5. The molecule has 0 aromatic carbocycles. The van der Waals surface area contributed by atoms with E-state index < -0.39 is 44.7 Å². The van der Waals surface area contributed by atoms with E-state index in [1.54, 1.807) is 12.2 Å². The number of hydrogen-bond donors (Lipinski definition) is 4. The summed E-state index contributed by atoms with van der Waals surface area (Å²) in [5, 5.41) is 20.6. The van der Waals surface area contributed by atoms with Crippen molar-refractivity contribution in [1.29, 1.82) is 0 Å². The molecule has 0 amide bonds. The van der Waals surface area contributed by atoms with Gasteiger partial charge in [0.05, 0.1) is 18.8 Å². The molecule has 0 bridgehead atoms. The summed E-state index contributed by atoms with van der Waals surface area (Å²) in [7, 11) is -4.82. The van der Waals surface area contributed by atoms with Crippen molar-refractivity contribution >= 4 is 25.5 Å². The first-order valence-electron chi connectivity index (χ1n) is 19.1. The van der Waals surface area contributed by atoms with E-state index in [0.717, 1.165) is 44.4 Å². The van der Waals surface area contributed by atoms with Crippen molar-refractivity contribution < 1.29 is 52.9 Å². The van der Waals surface area contributed by atoms with Gasteiger partial charge in [0.25, 0.3) is 0 Å². The molecule has 11 nitrogen and oxygen atoms in total. The number of rotatable bonds is 30. The fraction of sp³-hybridized carbons (Fsp3) is 0.816. The molecule has 12 heteroatoms. The first kappa shape index (κ1) is 46.1. The molecule has 1 aliphatic rings. The lowest BCUT2D eigenvalue weighted by Gasteiger charge is -2.18. The van der Waals surface area contributed by atoms with Gasteiger partial charge in [-0.05, 0) is 38.0 Å². The fourth-order valence-corrected chi connectivity index (χ4v) is 6.40. The minimum absolute atomic E-state index is 0.0151. The van der Waals surface area contributed by atoms with E-state index in [-0.39, 0.29) is 43.5 Å². The van der Waals surface area contributed by atoms with Gasteiger partial charge in [-0.2, -0.15) is 0 Å². The predicted molar refractivity (Wildman–Crippen MR) is 194 cm³/mol. The Morgan fingerprint density at radius 2 is 1.52 bits per heavy atom. The van der Waals surface area contributed by atoms with Crippen molar-refractivity contribution in [2.45, 2.75) is 167 Å². The zero-order valence-corrected chi connectivity index (χ0v) is 31.8. The molecule has 4 N–H and O–H groups in total. The second-order valence-corrected chi connectivity index (χ2v) is 15.2. The van der Waals surface area contributed by atoms with E-state index in [4.69, 9.17) is 19.3 Å². The molecule has 0 aromatic heterocycles. The Bertz CT molecular complexity index is 1040. The zero-order chi connectivity index (χ0) is 37.2. The van der Waals surface area contributed by atoms with E-state index in [1.807, 2.05) is 12.2 Å². The summed E-state index contributed by atoms with van der Waals surface area (Å²) >= 11 is 0. The van der Waals surface area contributed by atoms with Crippen LogP contribution in [0.1, 0.15) is 149 Å². The molecule has 50 heavy (non-hydrogen) atoms. The SMILES string of the molecule is CCCCC[C@H](O)/C=C/[C@H]1[C@H](O)CC(=O)[C@@H]1C/C=C\CCCC(=O)O[C@H](COC(=O)CCCCCCCCCCC(C)CC)COP(=O)(O)O. The maximum atomic E-state index is 12.5. The Labute approximate surface area is 300 Å². The van der Waals surface area contributed by atoms with Crippen molar-refractivity contribution in [3.8, 4) is 0 Å². The van der Waals surface area contributed by atoms with Crippen LogP contribution >= 0.6 is 7.82 Å². The number of esters is 2. The number of allylic oxidation sites excluding steroid dienone is 2. The number of ketones is 1. The van der Waals surface area contributed by atoms with Crippen LogP contribution in [0.2, 0.25) is 0 Å². The van der Waals surface area contributed by atoms with E-state index in [2.05, 4.69) is 25.3 Å². The highest BCUT2D eigenvalue weighted by atomic mass is 31.2. The first-order valence-corrected chi connectivity index (χ1v) is 20.7. The number of aliphatic hydroxyl groups excluding tert-OH is 2. The van der Waals surface area contributed by atoms with E-state index in [0.29, 0.717) is 32.1 Å². The highest BCUT2D eigenvalue weighted by molar-refractivity contribution is 7.46. The molecule has 0 aromatic rings. The van der Waals surface area contributed by atoms with Gasteiger partial charge in [-0.3, -0.25) is 18.9 Å². The van der Waals surface area contributed by atoms with Crippen LogP contribution in [0.4, 0.5) is 0 Å². The molecular weight excluding hydrogens is 663 g/mol. The Morgan fingerprint density at radius 1 is 0.880 bits per heavy atom. The summed E-state index contributed by atoms with van der Waals surface area (Å²) in [6, 6.07) is 0. The third-order valence-electron chi connectivity index (χ3n) is 9.38. The molecule has 0 saturated heterocycles. The largest absolute Gasteiger partial charge is 0.469 e. The molecule has 6 atom stereocenters. The van der Waals surface area contributed by atoms with Crippen LogP contribution < -0.4 is 0 Å². The van der Waals surface area contributed by atoms with Crippen molar-refractivity contribution in [2.75, 3.05) is 13.2 Å². The van der Waals surface area contributed by atoms with Crippen molar-refractivity contribution in [3.05, 3.63) is 24.3 Å². The number of ether oxygens (including phenoxy) is 2. The van der Waals surface area contributed by atoms with Crippen molar-refractivity contribution in [3.63, 3.8) is 0 Å².